The van der Waals surface area contributed by atoms with Crippen molar-refractivity contribution in [3.05, 3.63) is 27.8 Å². The molecule has 0 N–H and O–H groups in total. The molecule has 0 radical (unpaired) electrons. The normalized spacial score (nSPS) is 16.5. The highest BCUT2D eigenvalue weighted by atomic mass is 79.9. The van der Waals surface area contributed by atoms with Gasteiger partial charge in [0.25, 0.3) is 5.69 Å². The van der Waals surface area contributed by atoms with Crippen molar-refractivity contribution in [3.8, 4) is 12.3 Å². The number of terminal acetylenes is 1. The van der Waals surface area contributed by atoms with Gasteiger partial charge in [-0.05, 0) is 52.2 Å². The summed E-state index contributed by atoms with van der Waals surface area (Å²) in [5, 5.41) is 11.6. The van der Waals surface area contributed by atoms with E-state index in [4.69, 9.17) is 6.42 Å². The smallest absolute Gasteiger partial charge is 0.272 e. The molecular weight excluding hydrogens is 470 g/mol. The molecule has 0 bridgehead atoms. The average molecular weight is 500 g/mol. The highest BCUT2D eigenvalue weighted by Crippen LogP contribution is 2.37. The van der Waals surface area contributed by atoms with Crippen molar-refractivity contribution >= 4 is 37.1 Å². The van der Waals surface area contributed by atoms with Crippen LogP contribution in [0, 0.1) is 22.5 Å². The first-order valence-electron chi connectivity index (χ1n) is 10.3. The van der Waals surface area contributed by atoms with Crippen molar-refractivity contribution in [2.75, 3.05) is 43.5 Å². The van der Waals surface area contributed by atoms with Crippen LogP contribution in [0.2, 0.25) is 0 Å². The van der Waals surface area contributed by atoms with Crippen LogP contribution in [-0.4, -0.2) is 62.0 Å². The predicted molar refractivity (Wildman–Crippen MR) is 124 cm³/mol. The molecule has 1 fully saturated rings. The summed E-state index contributed by atoms with van der Waals surface area (Å²) in [4.78, 5) is 15.1. The minimum Gasteiger partial charge on any atom is -0.369 e. The molecule has 1 aliphatic rings. The first-order chi connectivity index (χ1) is 14.3. The third-order valence-electron chi connectivity index (χ3n) is 5.47. The second-order valence-electron chi connectivity index (χ2n) is 7.67. The molecule has 0 spiro atoms. The van der Waals surface area contributed by atoms with Gasteiger partial charge in [0.2, 0.25) is 0 Å². The molecule has 1 aromatic rings. The van der Waals surface area contributed by atoms with Crippen LogP contribution in [0.1, 0.15) is 44.6 Å². The summed E-state index contributed by atoms with van der Waals surface area (Å²) < 4.78 is 27.5. The Morgan fingerprint density at radius 2 is 1.93 bits per heavy atom. The van der Waals surface area contributed by atoms with Crippen molar-refractivity contribution in [1.82, 2.24) is 4.90 Å². The number of hydrogen-bond acceptors (Lipinski definition) is 6. The highest BCUT2D eigenvalue weighted by Gasteiger charge is 2.34. The number of benzene rings is 1. The van der Waals surface area contributed by atoms with E-state index in [1.54, 1.807) is 0 Å². The lowest BCUT2D eigenvalue weighted by Gasteiger charge is -2.30. The first-order valence-corrected chi connectivity index (χ1v) is 12.9. The molecule has 9 heteroatoms. The van der Waals surface area contributed by atoms with Crippen molar-refractivity contribution < 1.29 is 13.3 Å². The molecule has 0 atom stereocenters. The number of hydrogen-bond donors (Lipinski definition) is 0. The molecule has 1 aromatic carbocycles. The Morgan fingerprint density at radius 1 is 1.30 bits per heavy atom. The fourth-order valence-corrected chi connectivity index (χ4v) is 6.52. The Labute approximate surface area is 188 Å². The largest absolute Gasteiger partial charge is 0.369 e. The van der Waals surface area contributed by atoms with E-state index in [0.717, 1.165) is 32.4 Å². The standard InChI is InChI=1S/C21H30BrN3O4S/c1-4-11-24(14-10-22)21-17(5-2)15-18(25(26)27)16-20(21)30(28,29)19-8-6-12-23(3)13-7-9-19/h2,15-16,19H,4,6-14H2,1,3H3. The Kier molecular flexibility index (Phi) is 9.13. The van der Waals surface area contributed by atoms with Crippen LogP contribution in [0.25, 0.3) is 0 Å². The minimum atomic E-state index is -3.80. The Morgan fingerprint density at radius 3 is 2.43 bits per heavy atom. The average Bonchev–Trinajstić information content (AvgIpc) is 2.69. The molecule has 1 heterocycles. The second kappa shape index (κ2) is 11.1. The van der Waals surface area contributed by atoms with Crippen LogP contribution in [0.5, 0.6) is 0 Å². The molecule has 2 rings (SSSR count). The predicted octanol–water partition coefficient (Wildman–Crippen LogP) is 3.84. The van der Waals surface area contributed by atoms with E-state index in [-0.39, 0.29) is 16.1 Å². The van der Waals surface area contributed by atoms with E-state index < -0.39 is 20.0 Å². The van der Waals surface area contributed by atoms with Gasteiger partial charge in [-0.15, -0.1) is 6.42 Å². The maximum atomic E-state index is 13.8. The molecule has 7 nitrogen and oxygen atoms in total. The zero-order chi connectivity index (χ0) is 22.3. The second-order valence-corrected chi connectivity index (χ2v) is 10.7. The molecule has 1 saturated heterocycles. The summed E-state index contributed by atoms with van der Waals surface area (Å²) in [5.74, 6) is 2.50. The number of halogens is 1. The number of nitro benzene ring substituents is 1. The third kappa shape index (κ3) is 5.74. The van der Waals surface area contributed by atoms with Crippen LogP contribution in [0.4, 0.5) is 11.4 Å². The molecular formula is C21H30BrN3O4S. The minimum absolute atomic E-state index is 0.00187. The Balaban J connectivity index is 2.66. The van der Waals surface area contributed by atoms with E-state index >= 15 is 0 Å². The van der Waals surface area contributed by atoms with Gasteiger partial charge >= 0.3 is 0 Å². The zero-order valence-electron chi connectivity index (χ0n) is 17.6. The number of sulfone groups is 1. The van der Waals surface area contributed by atoms with Gasteiger partial charge in [-0.2, -0.15) is 0 Å². The monoisotopic (exact) mass is 499 g/mol. The van der Waals surface area contributed by atoms with Gasteiger partial charge in [0, 0.05) is 30.6 Å². The topological polar surface area (TPSA) is 83.8 Å². The fourth-order valence-electron chi connectivity index (χ4n) is 3.98. The van der Waals surface area contributed by atoms with Crippen molar-refractivity contribution in [3.63, 3.8) is 0 Å². The van der Waals surface area contributed by atoms with Gasteiger partial charge in [0.05, 0.1) is 26.3 Å². The number of nitro groups is 1. The highest BCUT2D eigenvalue weighted by molar-refractivity contribution is 9.09. The molecule has 0 amide bonds. The van der Waals surface area contributed by atoms with E-state index in [1.165, 1.54) is 12.1 Å². The molecule has 30 heavy (non-hydrogen) atoms. The number of nitrogens with zero attached hydrogens (tertiary/aromatic N) is 3. The summed E-state index contributed by atoms with van der Waals surface area (Å²) in [6, 6.07) is 2.51. The van der Waals surface area contributed by atoms with Crippen molar-refractivity contribution in [2.24, 2.45) is 0 Å². The van der Waals surface area contributed by atoms with Gasteiger partial charge in [-0.1, -0.05) is 28.8 Å². The molecule has 0 saturated carbocycles. The Bertz CT molecular complexity index is 882. The van der Waals surface area contributed by atoms with E-state index in [0.29, 0.717) is 36.9 Å². The van der Waals surface area contributed by atoms with Crippen molar-refractivity contribution in [2.45, 2.75) is 49.2 Å². The number of alkyl halides is 1. The zero-order valence-corrected chi connectivity index (χ0v) is 20.0. The summed E-state index contributed by atoms with van der Waals surface area (Å²) in [7, 11) is -1.76. The van der Waals surface area contributed by atoms with Crippen molar-refractivity contribution in [1.29, 1.82) is 0 Å². The van der Waals surface area contributed by atoms with Crippen LogP contribution < -0.4 is 4.90 Å². The van der Waals surface area contributed by atoms with Gasteiger partial charge in [-0.3, -0.25) is 10.1 Å². The number of anilines is 1. The lowest BCUT2D eigenvalue weighted by Crippen LogP contribution is -2.33. The molecule has 0 aliphatic carbocycles. The maximum absolute atomic E-state index is 13.8. The number of likely N-dealkylation sites (tertiary alicyclic amines) is 1. The summed E-state index contributed by atoms with van der Waals surface area (Å²) in [5.41, 5.74) is 0.387. The van der Waals surface area contributed by atoms with Gasteiger partial charge in [0.15, 0.2) is 9.84 Å². The lowest BCUT2D eigenvalue weighted by molar-refractivity contribution is -0.385. The summed E-state index contributed by atoms with van der Waals surface area (Å²) >= 11 is 3.42. The van der Waals surface area contributed by atoms with E-state index in [2.05, 4.69) is 26.8 Å². The fraction of sp³-hybridized carbons (Fsp3) is 0.619. The van der Waals surface area contributed by atoms with Crippen LogP contribution >= 0.6 is 15.9 Å². The third-order valence-corrected chi connectivity index (χ3v) is 8.10. The number of non-ortho nitro benzene ring substituents is 1. The molecule has 0 unspecified atom stereocenters. The van der Waals surface area contributed by atoms with Crippen LogP contribution in [0.3, 0.4) is 0 Å². The summed E-state index contributed by atoms with van der Waals surface area (Å²) in [6.45, 7) is 4.85. The van der Waals surface area contributed by atoms with Crippen LogP contribution in [0.15, 0.2) is 17.0 Å². The Hall–Kier alpha value is -1.63. The van der Waals surface area contributed by atoms with Gasteiger partial charge in [0.1, 0.15) is 0 Å². The first kappa shape index (κ1) is 24.6. The molecule has 166 valence electrons. The van der Waals surface area contributed by atoms with E-state index in [9.17, 15) is 18.5 Å². The molecule has 1 aliphatic heterocycles. The molecule has 0 aromatic heterocycles. The van der Waals surface area contributed by atoms with Gasteiger partial charge in [-0.25, -0.2) is 8.42 Å². The maximum Gasteiger partial charge on any atom is 0.272 e. The quantitative estimate of drug-likeness (QED) is 0.234. The van der Waals surface area contributed by atoms with Gasteiger partial charge < -0.3 is 9.80 Å². The summed E-state index contributed by atoms with van der Waals surface area (Å²) in [6.07, 6.45) is 9.09. The SMILES string of the molecule is C#Cc1cc([N+](=O)[O-])cc(S(=O)(=O)C2CCCN(C)CCC2)c1N(CCC)CCBr. The lowest BCUT2D eigenvalue weighted by atomic mass is 10.1. The van der Waals surface area contributed by atoms with E-state index in [1.807, 2.05) is 18.9 Å². The van der Waals surface area contributed by atoms with Crippen LogP contribution in [-0.2, 0) is 9.84 Å². The number of rotatable bonds is 8.